The third kappa shape index (κ3) is 8.98. The molecule has 21 heavy (non-hydrogen) atoms. The molecule has 4 heteroatoms. The zero-order valence-electron chi connectivity index (χ0n) is 14.6. The summed E-state index contributed by atoms with van der Waals surface area (Å²) < 4.78 is 0. The molecule has 1 aromatic rings. The van der Waals surface area contributed by atoms with Gasteiger partial charge in [0, 0.05) is 5.69 Å². The average molecular weight is 284 g/mol. The molecule has 0 radical (unpaired) electrons. The minimum atomic E-state index is 0. The van der Waals surface area contributed by atoms with Crippen LogP contribution in [0.5, 0.6) is 0 Å². The predicted octanol–water partition coefficient (Wildman–Crippen LogP) is 0.818. The number of hydrogen-bond donors (Lipinski definition) is 1. The monoisotopic (exact) mass is 284 g/mol. The maximum absolute atomic E-state index is 11.9. The molecule has 3 nitrogen and oxygen atoms in total. The normalized spacial score (nSPS) is 9.48. The van der Waals surface area contributed by atoms with Crippen molar-refractivity contribution in [3.05, 3.63) is 36.2 Å². The van der Waals surface area contributed by atoms with Crippen molar-refractivity contribution < 1.29 is 23.7 Å². The van der Waals surface area contributed by atoms with E-state index in [1.165, 1.54) is 0 Å². The van der Waals surface area contributed by atoms with Gasteiger partial charge in [0.1, 0.15) is 0 Å². The molecular weight excluding hydrogens is 255 g/mol. The van der Waals surface area contributed by atoms with Crippen LogP contribution in [0.4, 0.5) is 5.69 Å². The van der Waals surface area contributed by atoms with Gasteiger partial charge >= 0.3 is 18.9 Å². The van der Waals surface area contributed by atoms with Crippen LogP contribution in [0.15, 0.2) is 18.2 Å². The van der Waals surface area contributed by atoms with Gasteiger partial charge in [0.15, 0.2) is 0 Å². The molecule has 1 N–H and O–H groups in total. The van der Waals surface area contributed by atoms with Gasteiger partial charge in [0.05, 0.1) is 6.54 Å². The van der Waals surface area contributed by atoms with Crippen LogP contribution in [0.25, 0.3) is 0 Å². The van der Waals surface area contributed by atoms with E-state index in [1.807, 2.05) is 39.0 Å². The number of aryl methyl sites for hydroxylation is 2. The topological polar surface area (TPSA) is 32.3 Å². The van der Waals surface area contributed by atoms with Gasteiger partial charge in [-0.1, -0.05) is 39.0 Å². The summed E-state index contributed by atoms with van der Waals surface area (Å²) in [6.07, 6.45) is 1.00. The van der Waals surface area contributed by atoms with E-state index in [0.717, 1.165) is 36.3 Å². The third-order valence-corrected chi connectivity index (χ3v) is 3.01. The van der Waals surface area contributed by atoms with Crippen molar-refractivity contribution in [3.8, 4) is 0 Å². The summed E-state index contributed by atoms with van der Waals surface area (Å²) in [5.74, 6) is 0.0612. The van der Waals surface area contributed by atoms with Crippen LogP contribution in [-0.4, -0.2) is 30.4 Å². The summed E-state index contributed by atoms with van der Waals surface area (Å²) in [5, 5.41) is 3.00. The summed E-state index contributed by atoms with van der Waals surface area (Å²) in [6.45, 7) is 15.9. The van der Waals surface area contributed by atoms with Crippen LogP contribution in [-0.2, 0) is 4.79 Å². The number of nitrogens with zero attached hydrogens (tertiary/aromatic N) is 1. The van der Waals surface area contributed by atoms with Gasteiger partial charge in [-0.2, -0.15) is 6.42 Å². The second-order valence-electron chi connectivity index (χ2n) is 4.78. The SMILES string of the molecule is CCN(CC)CC(=O)Nc1c(C)cccc1C.[CH2-]CC.[Li+]. The summed E-state index contributed by atoms with van der Waals surface area (Å²) >= 11 is 0. The molecule has 114 valence electrons. The molecule has 0 saturated heterocycles. The third-order valence-electron chi connectivity index (χ3n) is 3.01. The van der Waals surface area contributed by atoms with E-state index in [4.69, 9.17) is 0 Å². The summed E-state index contributed by atoms with van der Waals surface area (Å²) in [7, 11) is 0. The fourth-order valence-corrected chi connectivity index (χ4v) is 1.84. The Balaban J connectivity index is 0. The van der Waals surface area contributed by atoms with Gasteiger partial charge in [-0.05, 0) is 38.1 Å². The number of rotatable bonds is 5. The largest absolute Gasteiger partial charge is 1.00 e. The number of benzene rings is 1. The van der Waals surface area contributed by atoms with Gasteiger partial charge in [0.2, 0.25) is 5.91 Å². The Hall–Kier alpha value is -0.753. The summed E-state index contributed by atoms with van der Waals surface area (Å²) in [6, 6.07) is 6.03. The van der Waals surface area contributed by atoms with E-state index in [-0.39, 0.29) is 24.8 Å². The molecule has 0 aromatic heterocycles. The number of hydrogen-bond acceptors (Lipinski definition) is 2. The molecule has 0 unspecified atom stereocenters. The van der Waals surface area contributed by atoms with Crippen molar-refractivity contribution in [3.63, 3.8) is 0 Å². The van der Waals surface area contributed by atoms with Crippen molar-refractivity contribution in [2.75, 3.05) is 25.0 Å². The van der Waals surface area contributed by atoms with E-state index in [0.29, 0.717) is 6.54 Å². The van der Waals surface area contributed by atoms with Crippen LogP contribution >= 0.6 is 0 Å². The first-order chi connectivity index (χ1) is 9.49. The minimum absolute atomic E-state index is 0. The Morgan fingerprint density at radius 1 is 1.14 bits per heavy atom. The first kappa shape index (κ1) is 22.5. The summed E-state index contributed by atoms with van der Waals surface area (Å²) in [4.78, 5) is 14.0. The maximum atomic E-state index is 11.9. The van der Waals surface area contributed by atoms with Crippen molar-refractivity contribution in [1.82, 2.24) is 4.90 Å². The molecule has 0 aliphatic carbocycles. The Morgan fingerprint density at radius 3 is 1.95 bits per heavy atom. The molecule has 1 rings (SSSR count). The van der Waals surface area contributed by atoms with Crippen molar-refractivity contribution >= 4 is 11.6 Å². The van der Waals surface area contributed by atoms with Gasteiger partial charge in [-0.3, -0.25) is 9.69 Å². The number of anilines is 1. The maximum Gasteiger partial charge on any atom is 1.00 e. The molecule has 1 amide bonds. The Morgan fingerprint density at radius 2 is 1.57 bits per heavy atom. The number of carbonyl (C=O) groups is 1. The Kier molecular flexibility index (Phi) is 13.9. The van der Waals surface area contributed by atoms with Crippen LogP contribution in [0.2, 0.25) is 0 Å². The second-order valence-corrected chi connectivity index (χ2v) is 4.78. The second kappa shape index (κ2) is 12.9. The molecule has 0 heterocycles. The van der Waals surface area contributed by atoms with Crippen molar-refractivity contribution in [1.29, 1.82) is 0 Å². The number of nitrogens with one attached hydrogen (secondary N) is 1. The molecule has 0 atom stereocenters. The molecule has 0 aliphatic rings. The van der Waals surface area contributed by atoms with E-state index in [1.54, 1.807) is 0 Å². The zero-order valence-corrected chi connectivity index (χ0v) is 14.6. The summed E-state index contributed by atoms with van der Waals surface area (Å²) in [5.41, 5.74) is 3.17. The minimum Gasteiger partial charge on any atom is -0.344 e. The van der Waals surface area contributed by atoms with E-state index in [2.05, 4.69) is 31.0 Å². The number of carbonyl (C=O) groups excluding carboxylic acids is 1. The van der Waals surface area contributed by atoms with Crippen molar-refractivity contribution in [2.24, 2.45) is 0 Å². The van der Waals surface area contributed by atoms with E-state index < -0.39 is 0 Å². The average Bonchev–Trinajstić information content (AvgIpc) is 2.41. The van der Waals surface area contributed by atoms with Crippen LogP contribution in [0, 0.1) is 20.8 Å². The predicted molar refractivity (Wildman–Crippen MR) is 88.0 cm³/mol. The standard InChI is InChI=1S/C14H22N2O.C3H7.Li/c1-5-16(6-2)10-13(17)15-14-11(3)8-7-9-12(14)4;1-3-2;/h7-9H,5-6,10H2,1-4H3,(H,15,17);1,3H2,2H3;/q;-1;+1. The number of likely N-dealkylation sites (N-methyl/N-ethyl adjacent to an activating group) is 1. The number of para-hydroxylation sites is 1. The molecule has 0 bridgehead atoms. The van der Waals surface area contributed by atoms with Gasteiger partial charge < -0.3 is 12.2 Å². The van der Waals surface area contributed by atoms with Crippen LogP contribution in [0.3, 0.4) is 0 Å². The molecule has 0 aliphatic heterocycles. The fraction of sp³-hybridized carbons (Fsp3) is 0.529. The molecular formula is C17H29LiN2O. The van der Waals surface area contributed by atoms with Crippen LogP contribution < -0.4 is 24.2 Å². The number of amides is 1. The Labute approximate surface area is 142 Å². The van der Waals surface area contributed by atoms with Crippen molar-refractivity contribution in [2.45, 2.75) is 41.0 Å². The van der Waals surface area contributed by atoms with Gasteiger partial charge in [-0.15, -0.1) is 0 Å². The zero-order chi connectivity index (χ0) is 15.5. The van der Waals surface area contributed by atoms with Crippen LogP contribution in [0.1, 0.15) is 38.3 Å². The molecule has 1 aromatic carbocycles. The molecule has 0 fully saturated rings. The molecule has 0 spiro atoms. The fourth-order valence-electron chi connectivity index (χ4n) is 1.84. The first-order valence-electron chi connectivity index (χ1n) is 7.37. The Bertz CT molecular complexity index is 384. The quantitative estimate of drug-likeness (QED) is 0.641. The van der Waals surface area contributed by atoms with Gasteiger partial charge in [-0.25, -0.2) is 0 Å². The molecule has 0 saturated carbocycles. The van der Waals surface area contributed by atoms with E-state index >= 15 is 0 Å². The van der Waals surface area contributed by atoms with E-state index in [9.17, 15) is 4.79 Å². The smallest absolute Gasteiger partial charge is 0.344 e. The first-order valence-corrected chi connectivity index (χ1v) is 7.37. The van der Waals surface area contributed by atoms with Gasteiger partial charge in [0.25, 0.3) is 0 Å².